The van der Waals surface area contributed by atoms with Gasteiger partial charge in [0.05, 0.1) is 5.69 Å². The highest BCUT2D eigenvalue weighted by atomic mass is 16.5. The molecular formula is C19H23N3O. The summed E-state index contributed by atoms with van der Waals surface area (Å²) in [5.74, 6) is 0.962. The summed E-state index contributed by atoms with van der Waals surface area (Å²) in [4.78, 5) is 7.10. The number of pyridine rings is 1. The molecule has 0 amide bonds. The molecule has 2 aromatic rings. The van der Waals surface area contributed by atoms with E-state index in [4.69, 9.17) is 4.74 Å². The molecule has 0 radical (unpaired) electrons. The highest BCUT2D eigenvalue weighted by Crippen LogP contribution is 2.31. The van der Waals surface area contributed by atoms with Crippen molar-refractivity contribution >= 4 is 0 Å². The maximum Gasteiger partial charge on any atom is 0.193 e. The number of benzene rings is 1. The Labute approximate surface area is 137 Å². The molecule has 23 heavy (non-hydrogen) atoms. The molecule has 0 saturated carbocycles. The topological polar surface area (TPSA) is 37.4 Å². The van der Waals surface area contributed by atoms with E-state index < -0.39 is 0 Å². The first kappa shape index (κ1) is 14.7. The van der Waals surface area contributed by atoms with Crippen LogP contribution in [-0.2, 0) is 6.42 Å². The van der Waals surface area contributed by atoms with Crippen LogP contribution in [0.5, 0.6) is 5.75 Å². The van der Waals surface area contributed by atoms with Gasteiger partial charge in [0.2, 0.25) is 0 Å². The molecule has 1 N–H and O–H groups in total. The van der Waals surface area contributed by atoms with Crippen LogP contribution in [-0.4, -0.2) is 36.1 Å². The van der Waals surface area contributed by atoms with Crippen molar-refractivity contribution in [1.82, 2.24) is 15.2 Å². The molecule has 4 nitrogen and oxygen atoms in total. The largest absolute Gasteiger partial charge is 0.469 e. The molecule has 2 aliphatic heterocycles. The zero-order valence-corrected chi connectivity index (χ0v) is 13.4. The third-order valence-electron chi connectivity index (χ3n) is 4.73. The molecule has 0 aliphatic carbocycles. The lowest BCUT2D eigenvalue weighted by molar-refractivity contribution is 0.157. The number of para-hydroxylation sites is 1. The van der Waals surface area contributed by atoms with Crippen LogP contribution in [0.2, 0.25) is 0 Å². The average molecular weight is 309 g/mol. The van der Waals surface area contributed by atoms with E-state index in [0.29, 0.717) is 0 Å². The Morgan fingerprint density at radius 2 is 1.91 bits per heavy atom. The third-order valence-corrected chi connectivity index (χ3v) is 4.73. The van der Waals surface area contributed by atoms with Gasteiger partial charge in [0.1, 0.15) is 5.75 Å². The van der Waals surface area contributed by atoms with Crippen molar-refractivity contribution < 1.29 is 4.74 Å². The van der Waals surface area contributed by atoms with Crippen LogP contribution in [0.25, 0.3) is 0 Å². The second-order valence-electron chi connectivity index (χ2n) is 6.33. The highest BCUT2D eigenvalue weighted by Gasteiger charge is 2.24. The molecule has 4 rings (SSSR count). The van der Waals surface area contributed by atoms with Crippen LogP contribution in [0.3, 0.4) is 0 Å². The summed E-state index contributed by atoms with van der Waals surface area (Å²) in [6.45, 7) is 4.45. The quantitative estimate of drug-likeness (QED) is 0.942. The number of rotatable bonds is 4. The summed E-state index contributed by atoms with van der Waals surface area (Å²) in [5, 5.41) is 3.56. The van der Waals surface area contributed by atoms with Crippen LogP contribution < -0.4 is 10.1 Å². The second-order valence-corrected chi connectivity index (χ2v) is 6.33. The molecule has 120 valence electrons. The molecule has 0 bridgehead atoms. The Bertz CT molecular complexity index is 667. The monoisotopic (exact) mass is 309 g/mol. The normalized spacial score (nSPS) is 20.4. The van der Waals surface area contributed by atoms with Gasteiger partial charge in [0.15, 0.2) is 6.23 Å². The molecule has 1 aromatic heterocycles. The van der Waals surface area contributed by atoms with E-state index in [-0.39, 0.29) is 6.23 Å². The summed E-state index contributed by atoms with van der Waals surface area (Å²) in [6, 6.07) is 12.5. The van der Waals surface area contributed by atoms with Crippen molar-refractivity contribution in [3.8, 4) is 5.75 Å². The van der Waals surface area contributed by atoms with Crippen molar-refractivity contribution in [1.29, 1.82) is 0 Å². The van der Waals surface area contributed by atoms with Crippen LogP contribution in [0.1, 0.15) is 35.9 Å². The summed E-state index contributed by atoms with van der Waals surface area (Å²) in [5.41, 5.74) is 3.49. The first-order chi connectivity index (χ1) is 11.4. The van der Waals surface area contributed by atoms with E-state index >= 15 is 0 Å². The molecule has 1 fully saturated rings. The predicted octanol–water partition coefficient (Wildman–Crippen LogP) is 2.75. The van der Waals surface area contributed by atoms with E-state index in [1.165, 1.54) is 37.1 Å². The van der Waals surface area contributed by atoms with Gasteiger partial charge in [-0.2, -0.15) is 0 Å². The van der Waals surface area contributed by atoms with E-state index in [0.717, 1.165) is 31.0 Å². The number of fused-ring (bicyclic) bond motifs is 2. The summed E-state index contributed by atoms with van der Waals surface area (Å²) >= 11 is 0. The fourth-order valence-corrected chi connectivity index (χ4v) is 3.49. The van der Waals surface area contributed by atoms with Gasteiger partial charge in [0, 0.05) is 25.7 Å². The van der Waals surface area contributed by atoms with Gasteiger partial charge in [-0.15, -0.1) is 0 Å². The van der Waals surface area contributed by atoms with Gasteiger partial charge in [-0.05, 0) is 49.2 Å². The Morgan fingerprint density at radius 3 is 2.83 bits per heavy atom. The van der Waals surface area contributed by atoms with Crippen LogP contribution in [0, 0.1) is 0 Å². The van der Waals surface area contributed by atoms with E-state index in [2.05, 4.69) is 39.5 Å². The first-order valence-corrected chi connectivity index (χ1v) is 8.54. The number of hydrogen-bond acceptors (Lipinski definition) is 4. The van der Waals surface area contributed by atoms with Crippen molar-refractivity contribution in [2.75, 3.05) is 26.2 Å². The molecule has 4 heteroatoms. The summed E-state index contributed by atoms with van der Waals surface area (Å²) in [6.07, 6.45) is 5.23. The first-order valence-electron chi connectivity index (χ1n) is 8.54. The van der Waals surface area contributed by atoms with Crippen molar-refractivity contribution in [3.05, 3.63) is 59.4 Å². The standard InChI is InChI=1S/C19H23N3O/c1-2-8-17-15(6-1)14-16-7-5-9-20-18(16)19(23-17)21-10-13-22-11-3-4-12-22/h1-2,5-9,19,21H,3-4,10-14H2. The predicted molar refractivity (Wildman–Crippen MR) is 90.5 cm³/mol. The third kappa shape index (κ3) is 3.23. The van der Waals surface area contributed by atoms with Gasteiger partial charge < -0.3 is 9.64 Å². The number of aromatic nitrogens is 1. The van der Waals surface area contributed by atoms with Gasteiger partial charge >= 0.3 is 0 Å². The maximum absolute atomic E-state index is 6.26. The van der Waals surface area contributed by atoms with E-state index in [1.54, 1.807) is 0 Å². The minimum atomic E-state index is -0.169. The number of ether oxygens (including phenoxy) is 1. The fraction of sp³-hybridized carbons (Fsp3) is 0.421. The van der Waals surface area contributed by atoms with Crippen molar-refractivity contribution in [2.45, 2.75) is 25.5 Å². The van der Waals surface area contributed by atoms with Gasteiger partial charge in [-0.1, -0.05) is 24.3 Å². The fourth-order valence-electron chi connectivity index (χ4n) is 3.49. The molecule has 2 aliphatic rings. The maximum atomic E-state index is 6.26. The zero-order valence-electron chi connectivity index (χ0n) is 13.4. The zero-order chi connectivity index (χ0) is 15.5. The molecule has 1 unspecified atom stereocenters. The van der Waals surface area contributed by atoms with E-state index in [9.17, 15) is 0 Å². The SMILES string of the molecule is c1ccc2c(c1)Cc1cccnc1C(NCCN1CCCC1)O2. The Kier molecular flexibility index (Phi) is 4.26. The van der Waals surface area contributed by atoms with Crippen LogP contribution in [0.15, 0.2) is 42.6 Å². The Balaban J connectivity index is 1.52. The smallest absolute Gasteiger partial charge is 0.193 e. The lowest BCUT2D eigenvalue weighted by atomic mass is 10.0. The minimum Gasteiger partial charge on any atom is -0.469 e. The summed E-state index contributed by atoms with van der Waals surface area (Å²) in [7, 11) is 0. The molecular weight excluding hydrogens is 286 g/mol. The molecule has 1 aromatic carbocycles. The van der Waals surface area contributed by atoms with E-state index in [1.807, 2.05) is 18.3 Å². The number of nitrogens with one attached hydrogen (secondary N) is 1. The molecule has 1 atom stereocenters. The summed E-state index contributed by atoms with van der Waals surface area (Å²) < 4.78 is 6.26. The molecule has 1 saturated heterocycles. The Morgan fingerprint density at radius 1 is 1.09 bits per heavy atom. The van der Waals surface area contributed by atoms with Crippen LogP contribution >= 0.6 is 0 Å². The Hall–Kier alpha value is -1.91. The number of nitrogens with zero attached hydrogens (tertiary/aromatic N) is 2. The molecule has 3 heterocycles. The van der Waals surface area contributed by atoms with Gasteiger partial charge in [-0.25, -0.2) is 0 Å². The number of hydrogen-bond donors (Lipinski definition) is 1. The lowest BCUT2D eigenvalue weighted by Crippen LogP contribution is -2.34. The van der Waals surface area contributed by atoms with Gasteiger partial charge in [0.25, 0.3) is 0 Å². The second kappa shape index (κ2) is 6.69. The molecule has 0 spiro atoms. The highest BCUT2D eigenvalue weighted by molar-refractivity contribution is 5.41. The minimum absolute atomic E-state index is 0.169. The average Bonchev–Trinajstić information content (AvgIpc) is 3.04. The number of likely N-dealkylation sites (tertiary alicyclic amines) is 1. The van der Waals surface area contributed by atoms with Crippen LogP contribution in [0.4, 0.5) is 0 Å². The van der Waals surface area contributed by atoms with Crippen molar-refractivity contribution in [3.63, 3.8) is 0 Å². The lowest BCUT2D eigenvalue weighted by Gasteiger charge is -2.22. The van der Waals surface area contributed by atoms with Crippen molar-refractivity contribution in [2.24, 2.45) is 0 Å². The van der Waals surface area contributed by atoms with Gasteiger partial charge in [-0.3, -0.25) is 10.3 Å².